The molecule has 1 N–H and O–H groups in total. The highest BCUT2D eigenvalue weighted by molar-refractivity contribution is 8.01. The van der Waals surface area contributed by atoms with Crippen LogP contribution in [0.2, 0.25) is 0 Å². The molecule has 90 valence electrons. The zero-order valence-corrected chi connectivity index (χ0v) is 10.6. The molecule has 3 nitrogen and oxygen atoms in total. The van der Waals surface area contributed by atoms with E-state index in [1.165, 1.54) is 11.8 Å². The first kappa shape index (κ1) is 12.2. The van der Waals surface area contributed by atoms with Crippen LogP contribution in [0.1, 0.15) is 27.0 Å². The third-order valence-corrected chi connectivity index (χ3v) is 4.32. The Morgan fingerprint density at radius 1 is 1.35 bits per heavy atom. The number of carboxylic acids is 1. The van der Waals surface area contributed by atoms with E-state index in [1.807, 2.05) is 26.0 Å². The summed E-state index contributed by atoms with van der Waals surface area (Å²) in [6, 6.07) is 3.84. The van der Waals surface area contributed by atoms with Gasteiger partial charge in [-0.3, -0.25) is 9.59 Å². The lowest BCUT2D eigenvalue weighted by Gasteiger charge is -2.10. The number of hydrogen-bond donors (Lipinski definition) is 1. The van der Waals surface area contributed by atoms with Crippen LogP contribution < -0.4 is 0 Å². The first-order valence-electron chi connectivity index (χ1n) is 5.46. The second-order valence-corrected chi connectivity index (χ2v) is 5.55. The van der Waals surface area contributed by atoms with Crippen LogP contribution >= 0.6 is 11.8 Å². The molecular formula is C13H14O3S. The van der Waals surface area contributed by atoms with Gasteiger partial charge in [-0.1, -0.05) is 6.07 Å². The number of aliphatic carboxylic acids is 1. The van der Waals surface area contributed by atoms with Crippen molar-refractivity contribution in [3.05, 3.63) is 34.4 Å². The SMILES string of the molecule is Cc1cc2c(cc1C)C(=O)CS[C@@H](C(=O)O)C2. The Morgan fingerprint density at radius 3 is 2.65 bits per heavy atom. The molecule has 0 aliphatic carbocycles. The van der Waals surface area contributed by atoms with Gasteiger partial charge in [-0.2, -0.15) is 0 Å². The molecule has 17 heavy (non-hydrogen) atoms. The minimum Gasteiger partial charge on any atom is -0.480 e. The summed E-state index contributed by atoms with van der Waals surface area (Å²) in [7, 11) is 0. The molecule has 1 heterocycles. The summed E-state index contributed by atoms with van der Waals surface area (Å²) in [4.78, 5) is 23.0. The first-order chi connectivity index (χ1) is 7.99. The van der Waals surface area contributed by atoms with Crippen molar-refractivity contribution < 1.29 is 14.7 Å². The standard InChI is InChI=1S/C13H14O3S/c1-7-3-9-5-12(13(15)16)17-6-11(14)10(9)4-8(7)2/h3-4,12H,5-6H2,1-2H3,(H,15,16)/t12-/m1/s1. The van der Waals surface area contributed by atoms with E-state index in [0.29, 0.717) is 12.0 Å². The van der Waals surface area contributed by atoms with E-state index in [-0.39, 0.29) is 11.5 Å². The third kappa shape index (κ3) is 2.36. The van der Waals surface area contributed by atoms with Crippen LogP contribution in [0, 0.1) is 13.8 Å². The Labute approximate surface area is 104 Å². The van der Waals surface area contributed by atoms with E-state index in [4.69, 9.17) is 5.11 Å². The van der Waals surface area contributed by atoms with Gasteiger partial charge in [0, 0.05) is 5.56 Å². The molecule has 0 spiro atoms. The van der Waals surface area contributed by atoms with Crippen molar-refractivity contribution in [1.29, 1.82) is 0 Å². The number of carbonyl (C=O) groups is 2. The maximum absolute atomic E-state index is 11.9. The monoisotopic (exact) mass is 250 g/mol. The molecule has 0 fully saturated rings. The highest BCUT2D eigenvalue weighted by Crippen LogP contribution is 2.27. The Bertz CT molecular complexity index is 494. The predicted molar refractivity (Wildman–Crippen MR) is 67.8 cm³/mol. The number of thioether (sulfide) groups is 1. The summed E-state index contributed by atoms with van der Waals surface area (Å²) in [5, 5.41) is 8.56. The fourth-order valence-corrected chi connectivity index (χ4v) is 2.92. The average Bonchev–Trinajstić information content (AvgIpc) is 2.41. The minimum atomic E-state index is -0.839. The van der Waals surface area contributed by atoms with E-state index in [0.717, 1.165) is 16.7 Å². The molecule has 1 aromatic rings. The quantitative estimate of drug-likeness (QED) is 0.830. The van der Waals surface area contributed by atoms with E-state index >= 15 is 0 Å². The molecule has 0 unspecified atom stereocenters. The number of carboxylic acid groups (broad SMARTS) is 1. The van der Waals surface area contributed by atoms with Gasteiger partial charge in [0.2, 0.25) is 0 Å². The summed E-state index contributed by atoms with van der Waals surface area (Å²) in [5.74, 6) is -0.544. The molecule has 0 bridgehead atoms. The van der Waals surface area contributed by atoms with Crippen LogP contribution in [0.3, 0.4) is 0 Å². The zero-order valence-electron chi connectivity index (χ0n) is 9.82. The van der Waals surface area contributed by atoms with Crippen LogP contribution in [-0.2, 0) is 11.2 Å². The third-order valence-electron chi connectivity index (χ3n) is 3.12. The van der Waals surface area contributed by atoms with Crippen molar-refractivity contribution in [3.8, 4) is 0 Å². The number of hydrogen-bond acceptors (Lipinski definition) is 3. The number of Topliss-reactive ketones (excluding diaryl/α,β-unsaturated/α-hetero) is 1. The van der Waals surface area contributed by atoms with Crippen molar-refractivity contribution in [2.75, 3.05) is 5.75 Å². The molecule has 1 aliphatic heterocycles. The van der Waals surface area contributed by atoms with E-state index in [2.05, 4.69) is 0 Å². The maximum Gasteiger partial charge on any atom is 0.316 e. The van der Waals surface area contributed by atoms with Crippen molar-refractivity contribution in [3.63, 3.8) is 0 Å². The summed E-state index contributed by atoms with van der Waals surface area (Å²) in [5.41, 5.74) is 3.75. The number of carbonyl (C=O) groups excluding carboxylic acids is 1. The molecule has 0 saturated carbocycles. The van der Waals surface area contributed by atoms with Crippen LogP contribution in [0.15, 0.2) is 12.1 Å². The van der Waals surface area contributed by atoms with Crippen LogP contribution in [0.5, 0.6) is 0 Å². The molecule has 0 aromatic heterocycles. The summed E-state index contributed by atoms with van der Waals surface area (Å²) < 4.78 is 0. The summed E-state index contributed by atoms with van der Waals surface area (Å²) in [6.07, 6.45) is 0.433. The molecule has 1 atom stereocenters. The largest absolute Gasteiger partial charge is 0.480 e. The fourth-order valence-electron chi connectivity index (χ4n) is 1.98. The number of fused-ring (bicyclic) bond motifs is 1. The molecule has 1 aromatic carbocycles. The second-order valence-electron chi connectivity index (χ2n) is 4.36. The van der Waals surface area contributed by atoms with Gasteiger partial charge in [0.25, 0.3) is 0 Å². The smallest absolute Gasteiger partial charge is 0.316 e. The van der Waals surface area contributed by atoms with Gasteiger partial charge in [0.05, 0.1) is 5.75 Å². The van der Waals surface area contributed by atoms with Gasteiger partial charge in [-0.25, -0.2) is 0 Å². The number of aryl methyl sites for hydroxylation is 2. The van der Waals surface area contributed by atoms with Crippen LogP contribution in [0.25, 0.3) is 0 Å². The van der Waals surface area contributed by atoms with E-state index in [1.54, 1.807) is 0 Å². The van der Waals surface area contributed by atoms with Gasteiger partial charge in [-0.15, -0.1) is 11.8 Å². The number of ketones is 1. The molecule has 0 amide bonds. The van der Waals surface area contributed by atoms with Crippen molar-refractivity contribution in [2.45, 2.75) is 25.5 Å². The summed E-state index contributed by atoms with van der Waals surface area (Å²) >= 11 is 1.22. The lowest BCUT2D eigenvalue weighted by atomic mass is 9.95. The van der Waals surface area contributed by atoms with Crippen LogP contribution in [-0.4, -0.2) is 27.9 Å². The van der Waals surface area contributed by atoms with Crippen molar-refractivity contribution >= 4 is 23.5 Å². The minimum absolute atomic E-state index is 0.0388. The zero-order chi connectivity index (χ0) is 12.6. The normalized spacial score (nSPS) is 19.6. The lowest BCUT2D eigenvalue weighted by molar-refractivity contribution is -0.136. The molecular weight excluding hydrogens is 236 g/mol. The molecule has 2 rings (SSSR count). The van der Waals surface area contributed by atoms with Crippen molar-refractivity contribution in [1.82, 2.24) is 0 Å². The molecule has 1 aliphatic rings. The number of benzene rings is 1. The van der Waals surface area contributed by atoms with Crippen molar-refractivity contribution in [2.24, 2.45) is 0 Å². The number of rotatable bonds is 1. The molecule has 4 heteroatoms. The maximum atomic E-state index is 11.9. The Hall–Kier alpha value is -1.29. The van der Waals surface area contributed by atoms with Gasteiger partial charge < -0.3 is 5.11 Å². The Morgan fingerprint density at radius 2 is 2.00 bits per heavy atom. The molecule has 0 saturated heterocycles. The Balaban J connectivity index is 2.47. The topological polar surface area (TPSA) is 54.4 Å². The second kappa shape index (κ2) is 4.53. The lowest BCUT2D eigenvalue weighted by Crippen LogP contribution is -2.18. The van der Waals surface area contributed by atoms with Gasteiger partial charge >= 0.3 is 5.97 Å². The molecule has 0 radical (unpaired) electrons. The fraction of sp³-hybridized carbons (Fsp3) is 0.385. The first-order valence-corrected chi connectivity index (χ1v) is 6.51. The highest BCUT2D eigenvalue weighted by atomic mass is 32.2. The van der Waals surface area contributed by atoms with E-state index < -0.39 is 11.2 Å². The van der Waals surface area contributed by atoms with Gasteiger partial charge in [0.1, 0.15) is 5.25 Å². The predicted octanol–water partition coefficient (Wildman–Crippen LogP) is 2.23. The van der Waals surface area contributed by atoms with E-state index in [9.17, 15) is 9.59 Å². The Kier molecular flexibility index (Phi) is 3.24. The van der Waals surface area contributed by atoms with Gasteiger partial charge in [0.15, 0.2) is 5.78 Å². The van der Waals surface area contributed by atoms with Gasteiger partial charge in [-0.05, 0) is 43.0 Å². The average molecular weight is 250 g/mol. The summed E-state index contributed by atoms with van der Waals surface area (Å²) in [6.45, 7) is 3.95. The highest BCUT2D eigenvalue weighted by Gasteiger charge is 2.27. The van der Waals surface area contributed by atoms with Crippen LogP contribution in [0.4, 0.5) is 0 Å².